The second-order valence-electron chi connectivity index (χ2n) is 6.51. The smallest absolute Gasteiger partial charge is 0.311 e. The Labute approximate surface area is 162 Å². The van der Waals surface area contributed by atoms with Gasteiger partial charge in [-0.05, 0) is 55.7 Å². The van der Waals surface area contributed by atoms with Crippen molar-refractivity contribution in [1.82, 2.24) is 0 Å². The van der Waals surface area contributed by atoms with E-state index in [0.29, 0.717) is 24.2 Å². The zero-order valence-corrected chi connectivity index (χ0v) is 16.4. The van der Waals surface area contributed by atoms with E-state index in [4.69, 9.17) is 4.74 Å². The molecule has 0 amide bonds. The first-order valence-electron chi connectivity index (χ1n) is 8.77. The van der Waals surface area contributed by atoms with Crippen LogP contribution in [0.3, 0.4) is 0 Å². The molecule has 0 bridgehead atoms. The lowest BCUT2D eigenvalue weighted by Crippen LogP contribution is -2.30. The van der Waals surface area contributed by atoms with Crippen molar-refractivity contribution in [3.05, 3.63) is 63.2 Å². The molecule has 0 atom stereocenters. The Kier molecular flexibility index (Phi) is 5.37. The number of Topliss-reactive ketones (excluding diaryl/α,β-unsaturated/α-hetero) is 1. The van der Waals surface area contributed by atoms with E-state index < -0.39 is 14.9 Å². The summed E-state index contributed by atoms with van der Waals surface area (Å²) in [6.07, 6.45) is 0.528. The minimum absolute atomic E-state index is 0.0102. The average molecular weight is 404 g/mol. The molecule has 0 radical (unpaired) electrons. The number of anilines is 1. The number of ketones is 1. The van der Waals surface area contributed by atoms with Gasteiger partial charge in [-0.3, -0.25) is 19.2 Å². The number of hydrogen-bond acceptors (Lipinski definition) is 6. The Morgan fingerprint density at radius 3 is 2.68 bits per heavy atom. The molecule has 1 aliphatic rings. The highest BCUT2D eigenvalue weighted by molar-refractivity contribution is 7.92. The van der Waals surface area contributed by atoms with Crippen molar-refractivity contribution >= 4 is 27.2 Å². The van der Waals surface area contributed by atoms with Gasteiger partial charge in [-0.2, -0.15) is 0 Å². The number of rotatable bonds is 7. The van der Waals surface area contributed by atoms with E-state index >= 15 is 0 Å². The van der Waals surface area contributed by atoms with E-state index in [-0.39, 0.29) is 29.6 Å². The van der Waals surface area contributed by atoms with Crippen molar-refractivity contribution in [2.24, 2.45) is 0 Å². The number of sulfonamides is 1. The molecule has 0 N–H and O–H groups in total. The van der Waals surface area contributed by atoms with Crippen LogP contribution in [0.25, 0.3) is 0 Å². The molecule has 0 saturated carbocycles. The normalized spacial score (nSPS) is 13.3. The first-order chi connectivity index (χ1) is 13.2. The molecule has 148 valence electrons. The van der Waals surface area contributed by atoms with Crippen molar-refractivity contribution in [2.75, 3.05) is 23.2 Å². The van der Waals surface area contributed by atoms with E-state index in [1.165, 1.54) is 16.4 Å². The lowest BCUT2D eigenvalue weighted by atomic mass is 10.1. The van der Waals surface area contributed by atoms with E-state index in [1.807, 2.05) is 0 Å². The fraction of sp³-hybridized carbons (Fsp3) is 0.316. The zero-order chi connectivity index (χ0) is 20.5. The molecule has 3 rings (SSSR count). The molecular formula is C19H20N2O6S. The molecule has 1 heterocycles. The molecule has 0 aromatic heterocycles. The second kappa shape index (κ2) is 7.59. The van der Waals surface area contributed by atoms with E-state index in [2.05, 4.69) is 0 Å². The molecule has 0 aliphatic carbocycles. The Balaban J connectivity index is 1.76. The van der Waals surface area contributed by atoms with Gasteiger partial charge in [-0.15, -0.1) is 0 Å². The van der Waals surface area contributed by atoms with Crippen molar-refractivity contribution in [3.8, 4) is 5.75 Å². The number of aryl methyl sites for hydroxylation is 1. The minimum atomic E-state index is -3.35. The fourth-order valence-electron chi connectivity index (χ4n) is 3.11. The molecule has 0 saturated heterocycles. The van der Waals surface area contributed by atoms with Crippen LogP contribution < -0.4 is 9.04 Å². The number of hydrogen-bond donors (Lipinski definition) is 0. The Morgan fingerprint density at radius 1 is 1.25 bits per heavy atom. The van der Waals surface area contributed by atoms with Gasteiger partial charge in [0.15, 0.2) is 18.1 Å². The Hall–Kier alpha value is -2.94. The number of nitrogens with zero attached hydrogens (tertiary/aromatic N) is 2. The van der Waals surface area contributed by atoms with Crippen molar-refractivity contribution in [2.45, 2.75) is 20.3 Å². The maximum atomic E-state index is 12.5. The molecule has 9 heteroatoms. The van der Waals surface area contributed by atoms with Gasteiger partial charge in [-0.25, -0.2) is 8.42 Å². The van der Waals surface area contributed by atoms with Crippen LogP contribution >= 0.6 is 0 Å². The summed E-state index contributed by atoms with van der Waals surface area (Å²) in [5.41, 5.74) is 2.28. The van der Waals surface area contributed by atoms with Gasteiger partial charge in [-0.1, -0.05) is 6.07 Å². The van der Waals surface area contributed by atoms with Gasteiger partial charge in [0.05, 0.1) is 16.4 Å². The van der Waals surface area contributed by atoms with E-state index in [0.717, 1.165) is 11.1 Å². The van der Waals surface area contributed by atoms with Crippen LogP contribution in [0.5, 0.6) is 5.75 Å². The lowest BCUT2D eigenvalue weighted by molar-refractivity contribution is -0.385. The standard InChI is InChI=1S/C19H20N2O6S/c1-3-28(25,26)20-9-8-14-11-15(5-6-16(14)20)18(22)12-27-19-7-4-13(2)10-17(19)21(23)24/h4-7,10-11H,3,8-9,12H2,1-2H3. The molecule has 0 fully saturated rings. The highest BCUT2D eigenvalue weighted by atomic mass is 32.2. The van der Waals surface area contributed by atoms with Crippen LogP contribution in [0.15, 0.2) is 36.4 Å². The predicted molar refractivity (Wildman–Crippen MR) is 105 cm³/mol. The first kappa shape index (κ1) is 19.8. The summed E-state index contributed by atoms with van der Waals surface area (Å²) >= 11 is 0. The predicted octanol–water partition coefficient (Wildman–Crippen LogP) is 2.88. The largest absolute Gasteiger partial charge is 0.478 e. The summed E-state index contributed by atoms with van der Waals surface area (Å²) in [5.74, 6) is -0.296. The van der Waals surface area contributed by atoms with Gasteiger partial charge in [0.2, 0.25) is 10.0 Å². The Bertz CT molecular complexity index is 1050. The lowest BCUT2D eigenvalue weighted by Gasteiger charge is -2.18. The minimum Gasteiger partial charge on any atom is -0.478 e. The number of nitro groups is 1. The van der Waals surface area contributed by atoms with Crippen molar-refractivity contribution in [3.63, 3.8) is 0 Å². The van der Waals surface area contributed by atoms with E-state index in [9.17, 15) is 23.3 Å². The molecule has 28 heavy (non-hydrogen) atoms. The maximum absolute atomic E-state index is 12.5. The monoisotopic (exact) mass is 404 g/mol. The zero-order valence-electron chi connectivity index (χ0n) is 15.5. The third-order valence-electron chi connectivity index (χ3n) is 4.62. The quantitative estimate of drug-likeness (QED) is 0.399. The van der Waals surface area contributed by atoms with E-state index in [1.54, 1.807) is 38.1 Å². The van der Waals surface area contributed by atoms with Gasteiger partial charge in [0.25, 0.3) is 0 Å². The van der Waals surface area contributed by atoms with Crippen LogP contribution in [-0.4, -0.2) is 38.0 Å². The summed E-state index contributed by atoms with van der Waals surface area (Å²) in [6.45, 7) is 3.33. The van der Waals surface area contributed by atoms with Crippen LogP contribution in [0.1, 0.15) is 28.4 Å². The summed E-state index contributed by atoms with van der Waals surface area (Å²) < 4.78 is 31.0. The second-order valence-corrected chi connectivity index (χ2v) is 8.69. The van der Waals surface area contributed by atoms with Crippen LogP contribution in [-0.2, 0) is 16.4 Å². The molecule has 0 spiro atoms. The summed E-state index contributed by atoms with van der Waals surface area (Å²) in [4.78, 5) is 23.1. The average Bonchev–Trinajstić information content (AvgIpc) is 3.10. The first-order valence-corrected chi connectivity index (χ1v) is 10.4. The van der Waals surface area contributed by atoms with Crippen LogP contribution in [0.2, 0.25) is 0 Å². The molecule has 0 unspecified atom stereocenters. The van der Waals surface area contributed by atoms with Gasteiger partial charge in [0, 0.05) is 18.2 Å². The number of nitro benzene ring substituents is 1. The van der Waals surface area contributed by atoms with Crippen LogP contribution in [0.4, 0.5) is 11.4 Å². The van der Waals surface area contributed by atoms with Crippen LogP contribution in [0, 0.1) is 17.0 Å². The summed E-state index contributed by atoms with van der Waals surface area (Å²) in [5, 5.41) is 11.1. The molecule has 1 aliphatic heterocycles. The molecule has 2 aromatic carbocycles. The van der Waals surface area contributed by atoms with Crippen molar-refractivity contribution < 1.29 is 22.9 Å². The Morgan fingerprint density at radius 2 is 2.00 bits per heavy atom. The third kappa shape index (κ3) is 3.84. The SMILES string of the molecule is CCS(=O)(=O)N1CCc2cc(C(=O)COc3ccc(C)cc3[N+](=O)[O-])ccc21. The van der Waals surface area contributed by atoms with Gasteiger partial charge in [0.1, 0.15) is 0 Å². The molecule has 2 aromatic rings. The highest BCUT2D eigenvalue weighted by Crippen LogP contribution is 2.32. The van der Waals surface area contributed by atoms with Crippen molar-refractivity contribution in [1.29, 1.82) is 0 Å². The fourth-order valence-corrected chi connectivity index (χ4v) is 4.27. The number of ether oxygens (including phenoxy) is 1. The topological polar surface area (TPSA) is 107 Å². The number of carbonyl (C=O) groups is 1. The number of fused-ring (bicyclic) bond motifs is 1. The van der Waals surface area contributed by atoms with Gasteiger partial charge < -0.3 is 4.74 Å². The van der Waals surface area contributed by atoms with Gasteiger partial charge >= 0.3 is 5.69 Å². The number of carbonyl (C=O) groups excluding carboxylic acids is 1. The molecule has 8 nitrogen and oxygen atoms in total. The summed E-state index contributed by atoms with van der Waals surface area (Å²) in [6, 6.07) is 9.37. The molecular weight excluding hydrogens is 384 g/mol. The highest BCUT2D eigenvalue weighted by Gasteiger charge is 2.28. The maximum Gasteiger partial charge on any atom is 0.311 e. The summed E-state index contributed by atoms with van der Waals surface area (Å²) in [7, 11) is -3.35. The third-order valence-corrected chi connectivity index (χ3v) is 6.41. The number of benzene rings is 2.